The first-order valence-electron chi connectivity index (χ1n) is 4.89. The van der Waals surface area contributed by atoms with E-state index in [-0.39, 0.29) is 6.42 Å². The highest BCUT2D eigenvalue weighted by Gasteiger charge is 2.34. The van der Waals surface area contributed by atoms with Crippen LogP contribution in [0, 0.1) is 11.8 Å². The molecular formula is C10H19NO2. The molecule has 1 rings (SSSR count). The molecule has 0 heterocycles. The molecule has 0 N–H and O–H groups in total. The van der Waals surface area contributed by atoms with Crippen LogP contribution in [0.2, 0.25) is 0 Å². The lowest BCUT2D eigenvalue weighted by Crippen LogP contribution is -2.41. The summed E-state index contributed by atoms with van der Waals surface area (Å²) in [6.07, 6.45) is 2.65. The third-order valence-corrected chi connectivity index (χ3v) is 2.50. The van der Waals surface area contributed by atoms with Crippen molar-refractivity contribution in [2.24, 2.45) is 11.8 Å². The second-order valence-corrected chi connectivity index (χ2v) is 5.15. The fraction of sp³-hybridized carbons (Fsp3) is 0.900. The molecule has 1 atom stereocenters. The smallest absolute Gasteiger partial charge is 0.0815 e. The van der Waals surface area contributed by atoms with Gasteiger partial charge in [-0.1, -0.05) is 0 Å². The average Bonchev–Trinajstić information content (AvgIpc) is 2.60. The maximum atomic E-state index is 10.5. The number of aliphatic carboxylic acids is 1. The van der Waals surface area contributed by atoms with Crippen LogP contribution in [0.15, 0.2) is 0 Å². The molecule has 3 heteroatoms. The first kappa shape index (κ1) is 10.5. The Morgan fingerprint density at radius 3 is 2.31 bits per heavy atom. The van der Waals surface area contributed by atoms with Crippen molar-refractivity contribution in [2.45, 2.75) is 19.3 Å². The Hall–Kier alpha value is -0.570. The number of nitrogens with zero attached hydrogens (tertiary/aromatic N) is 1. The summed E-state index contributed by atoms with van der Waals surface area (Å²) in [5.41, 5.74) is 0. The van der Waals surface area contributed by atoms with Gasteiger partial charge in [-0.25, -0.2) is 0 Å². The second kappa shape index (κ2) is 3.66. The summed E-state index contributed by atoms with van der Waals surface area (Å²) < 4.78 is 0.842. The van der Waals surface area contributed by atoms with Gasteiger partial charge in [0.15, 0.2) is 0 Å². The highest BCUT2D eigenvalue weighted by atomic mass is 16.4. The van der Waals surface area contributed by atoms with E-state index in [1.54, 1.807) is 0 Å². The van der Waals surface area contributed by atoms with Crippen LogP contribution in [0.25, 0.3) is 0 Å². The van der Waals surface area contributed by atoms with Gasteiger partial charge in [0, 0.05) is 11.9 Å². The van der Waals surface area contributed by atoms with Crippen molar-refractivity contribution in [1.82, 2.24) is 0 Å². The monoisotopic (exact) mass is 185 g/mol. The topological polar surface area (TPSA) is 40.1 Å². The number of rotatable bonds is 5. The number of carbonyl (C=O) groups excluding carboxylic acids is 1. The Morgan fingerprint density at radius 1 is 1.46 bits per heavy atom. The normalized spacial score (nSPS) is 19.9. The molecular weight excluding hydrogens is 166 g/mol. The number of carboxylic acid groups (broad SMARTS) is 1. The summed E-state index contributed by atoms with van der Waals surface area (Å²) in [5, 5.41) is 10.5. The third kappa shape index (κ3) is 4.27. The zero-order valence-electron chi connectivity index (χ0n) is 8.75. The molecule has 13 heavy (non-hydrogen) atoms. The molecule has 0 aromatic heterocycles. The minimum atomic E-state index is -0.898. The Balaban J connectivity index is 2.42. The summed E-state index contributed by atoms with van der Waals surface area (Å²) in [4.78, 5) is 10.5. The summed E-state index contributed by atoms with van der Waals surface area (Å²) >= 11 is 0. The molecule has 1 fully saturated rings. The van der Waals surface area contributed by atoms with Crippen LogP contribution in [0.4, 0.5) is 0 Å². The SMILES string of the molecule is C[N+](C)(C)CC(CC(=O)[O-])C1CC1. The molecule has 0 spiro atoms. The van der Waals surface area contributed by atoms with Gasteiger partial charge in [-0.2, -0.15) is 0 Å². The van der Waals surface area contributed by atoms with E-state index < -0.39 is 5.97 Å². The minimum Gasteiger partial charge on any atom is -0.550 e. The van der Waals surface area contributed by atoms with E-state index in [1.807, 2.05) is 0 Å². The van der Waals surface area contributed by atoms with Gasteiger partial charge < -0.3 is 14.4 Å². The molecule has 0 aromatic rings. The standard InChI is InChI=1S/C10H19NO2/c1-11(2,3)7-9(6-10(12)13)8-4-5-8/h8-9H,4-7H2,1-3H3. The molecule has 76 valence electrons. The summed E-state index contributed by atoms with van der Waals surface area (Å²) in [6.45, 7) is 0.943. The maximum absolute atomic E-state index is 10.5. The zero-order chi connectivity index (χ0) is 10.1. The van der Waals surface area contributed by atoms with Crippen LogP contribution in [0.1, 0.15) is 19.3 Å². The van der Waals surface area contributed by atoms with Gasteiger partial charge in [0.05, 0.1) is 27.7 Å². The summed E-state index contributed by atoms with van der Waals surface area (Å²) in [7, 11) is 6.31. The van der Waals surface area contributed by atoms with Crippen LogP contribution >= 0.6 is 0 Å². The van der Waals surface area contributed by atoms with E-state index in [1.165, 1.54) is 12.8 Å². The molecule has 3 nitrogen and oxygen atoms in total. The first-order chi connectivity index (χ1) is 5.88. The predicted molar refractivity (Wildman–Crippen MR) is 48.7 cm³/mol. The van der Waals surface area contributed by atoms with E-state index in [2.05, 4.69) is 21.1 Å². The van der Waals surface area contributed by atoms with Crippen molar-refractivity contribution in [1.29, 1.82) is 0 Å². The molecule has 0 radical (unpaired) electrons. The number of quaternary nitrogens is 1. The van der Waals surface area contributed by atoms with Crippen LogP contribution in [-0.4, -0.2) is 38.1 Å². The van der Waals surface area contributed by atoms with Gasteiger partial charge in [-0.05, 0) is 25.2 Å². The zero-order valence-corrected chi connectivity index (χ0v) is 8.75. The molecule has 0 saturated heterocycles. The minimum absolute atomic E-state index is 0.236. The van der Waals surface area contributed by atoms with Crippen molar-refractivity contribution in [3.8, 4) is 0 Å². The van der Waals surface area contributed by atoms with Crippen molar-refractivity contribution in [3.05, 3.63) is 0 Å². The molecule has 0 aliphatic heterocycles. The van der Waals surface area contributed by atoms with Crippen molar-refractivity contribution >= 4 is 5.97 Å². The molecule has 0 amide bonds. The average molecular weight is 185 g/mol. The summed E-state index contributed by atoms with van der Waals surface area (Å²) in [6, 6.07) is 0. The highest BCUT2D eigenvalue weighted by molar-refractivity contribution is 5.64. The molecule has 1 saturated carbocycles. The molecule has 1 aliphatic carbocycles. The number of carboxylic acids is 1. The third-order valence-electron chi connectivity index (χ3n) is 2.50. The van der Waals surface area contributed by atoms with Gasteiger partial charge in [-0.15, -0.1) is 0 Å². The number of hydrogen-bond acceptors (Lipinski definition) is 2. The van der Waals surface area contributed by atoms with Gasteiger partial charge in [0.2, 0.25) is 0 Å². The van der Waals surface area contributed by atoms with Crippen LogP contribution < -0.4 is 5.11 Å². The molecule has 1 unspecified atom stereocenters. The van der Waals surface area contributed by atoms with Gasteiger partial charge in [0.1, 0.15) is 0 Å². The summed E-state index contributed by atoms with van der Waals surface area (Å²) in [5.74, 6) is 0.0746. The van der Waals surface area contributed by atoms with E-state index in [4.69, 9.17) is 0 Å². The number of hydrogen-bond donors (Lipinski definition) is 0. The Bertz CT molecular complexity index is 192. The molecule has 1 aliphatic rings. The van der Waals surface area contributed by atoms with Crippen molar-refractivity contribution in [3.63, 3.8) is 0 Å². The highest BCUT2D eigenvalue weighted by Crippen LogP contribution is 2.39. The number of carbonyl (C=O) groups is 1. The van der Waals surface area contributed by atoms with Crippen LogP contribution in [0.3, 0.4) is 0 Å². The van der Waals surface area contributed by atoms with E-state index in [0.717, 1.165) is 11.0 Å². The van der Waals surface area contributed by atoms with E-state index in [0.29, 0.717) is 11.8 Å². The van der Waals surface area contributed by atoms with Crippen molar-refractivity contribution < 1.29 is 14.4 Å². The predicted octanol–water partition coefficient (Wildman–Crippen LogP) is -0.141. The molecule has 0 bridgehead atoms. The fourth-order valence-corrected chi connectivity index (χ4v) is 1.87. The lowest BCUT2D eigenvalue weighted by molar-refractivity contribution is -0.874. The van der Waals surface area contributed by atoms with Gasteiger partial charge in [0.25, 0.3) is 0 Å². The largest absolute Gasteiger partial charge is 0.550 e. The van der Waals surface area contributed by atoms with Gasteiger partial charge in [-0.3, -0.25) is 0 Å². The Labute approximate surface area is 79.9 Å². The first-order valence-corrected chi connectivity index (χ1v) is 4.89. The fourth-order valence-electron chi connectivity index (χ4n) is 1.87. The second-order valence-electron chi connectivity index (χ2n) is 5.15. The lowest BCUT2D eigenvalue weighted by Gasteiger charge is -2.29. The lowest BCUT2D eigenvalue weighted by atomic mass is 9.99. The van der Waals surface area contributed by atoms with Crippen LogP contribution in [-0.2, 0) is 4.79 Å². The van der Waals surface area contributed by atoms with Crippen LogP contribution in [0.5, 0.6) is 0 Å². The van der Waals surface area contributed by atoms with E-state index >= 15 is 0 Å². The maximum Gasteiger partial charge on any atom is 0.0815 e. The van der Waals surface area contributed by atoms with E-state index in [9.17, 15) is 9.90 Å². The van der Waals surface area contributed by atoms with Gasteiger partial charge >= 0.3 is 0 Å². The Kier molecular flexibility index (Phi) is 2.96. The van der Waals surface area contributed by atoms with Crippen molar-refractivity contribution in [2.75, 3.05) is 27.7 Å². The quantitative estimate of drug-likeness (QED) is 0.559. The molecule has 0 aromatic carbocycles. The Morgan fingerprint density at radius 2 is 2.00 bits per heavy atom.